The maximum Gasteiger partial charge on any atom is 0.251 e. The molecule has 1 aromatic carbocycles. The predicted molar refractivity (Wildman–Crippen MR) is 88.6 cm³/mol. The topological polar surface area (TPSA) is 44.1 Å². The van der Waals surface area contributed by atoms with Crippen LogP contribution in [0.3, 0.4) is 0 Å². The van der Waals surface area contributed by atoms with Crippen molar-refractivity contribution in [2.24, 2.45) is 0 Å². The number of pyridine rings is 1. The molecule has 5 heteroatoms. The van der Waals surface area contributed by atoms with Crippen molar-refractivity contribution < 1.29 is 4.74 Å². The molecule has 0 radical (unpaired) electrons. The molecule has 0 atom stereocenters. The van der Waals surface area contributed by atoms with E-state index in [0.717, 1.165) is 27.6 Å². The first-order valence-electron chi connectivity index (χ1n) is 6.91. The molecule has 112 valence electrons. The van der Waals surface area contributed by atoms with E-state index in [0.29, 0.717) is 6.54 Å². The molecule has 0 amide bonds. The van der Waals surface area contributed by atoms with Crippen LogP contribution in [-0.2, 0) is 6.54 Å². The van der Waals surface area contributed by atoms with Gasteiger partial charge in [-0.2, -0.15) is 0 Å². The Morgan fingerprint density at radius 2 is 2.14 bits per heavy atom. The van der Waals surface area contributed by atoms with E-state index in [1.54, 1.807) is 29.1 Å². The van der Waals surface area contributed by atoms with Gasteiger partial charge < -0.3 is 9.30 Å². The minimum Gasteiger partial charge on any atom is -0.497 e. The zero-order chi connectivity index (χ0) is 15.5. The first kappa shape index (κ1) is 14.5. The van der Waals surface area contributed by atoms with Gasteiger partial charge in [-0.1, -0.05) is 12.1 Å². The van der Waals surface area contributed by atoms with Crippen LogP contribution in [0.5, 0.6) is 5.75 Å². The van der Waals surface area contributed by atoms with Crippen LogP contribution in [-0.4, -0.2) is 16.7 Å². The molecule has 0 fully saturated rings. The monoisotopic (exact) mass is 312 g/mol. The molecule has 0 N–H and O–H groups in total. The number of rotatable bonds is 4. The first-order valence-corrected chi connectivity index (χ1v) is 7.79. The average molecular weight is 312 g/mol. The number of aryl methyl sites for hydroxylation is 1. The van der Waals surface area contributed by atoms with Crippen LogP contribution < -0.4 is 10.3 Å². The first-order chi connectivity index (χ1) is 10.7. The van der Waals surface area contributed by atoms with E-state index in [1.165, 1.54) is 0 Å². The summed E-state index contributed by atoms with van der Waals surface area (Å²) in [6.07, 6.45) is 1.81. The third-order valence-corrected chi connectivity index (χ3v) is 4.21. The molecular formula is C17H16N2O2S. The number of thiazole rings is 1. The van der Waals surface area contributed by atoms with Gasteiger partial charge in [0.2, 0.25) is 0 Å². The standard InChI is InChI=1S/C17H16N2O2S/c1-12-6-7-19(17(20)8-12)10-16-18-15(11-22-16)13-4-3-5-14(9-13)21-2/h3-9,11H,10H2,1-2H3. The van der Waals surface area contributed by atoms with Gasteiger partial charge in [0.05, 0.1) is 19.3 Å². The van der Waals surface area contributed by atoms with Crippen molar-refractivity contribution in [3.63, 3.8) is 0 Å². The van der Waals surface area contributed by atoms with E-state index in [4.69, 9.17) is 4.74 Å². The van der Waals surface area contributed by atoms with Gasteiger partial charge in [-0.05, 0) is 30.7 Å². The zero-order valence-electron chi connectivity index (χ0n) is 12.4. The number of methoxy groups -OCH3 is 1. The number of hydrogen-bond acceptors (Lipinski definition) is 4. The summed E-state index contributed by atoms with van der Waals surface area (Å²) in [7, 11) is 1.65. The number of nitrogens with zero attached hydrogens (tertiary/aromatic N) is 2. The summed E-state index contributed by atoms with van der Waals surface area (Å²) in [5.41, 5.74) is 2.88. The number of aromatic nitrogens is 2. The summed E-state index contributed by atoms with van der Waals surface area (Å²) in [5.74, 6) is 0.807. The highest BCUT2D eigenvalue weighted by Crippen LogP contribution is 2.25. The Morgan fingerprint density at radius 3 is 2.91 bits per heavy atom. The van der Waals surface area contributed by atoms with Gasteiger partial charge in [0.25, 0.3) is 5.56 Å². The molecule has 0 saturated carbocycles. The number of benzene rings is 1. The van der Waals surface area contributed by atoms with Crippen LogP contribution in [0.15, 0.2) is 52.8 Å². The highest BCUT2D eigenvalue weighted by Gasteiger charge is 2.07. The fourth-order valence-corrected chi connectivity index (χ4v) is 2.98. The molecule has 0 saturated heterocycles. The Bertz CT molecular complexity index is 852. The predicted octanol–water partition coefficient (Wildman–Crippen LogP) is 3.34. The maximum atomic E-state index is 11.9. The van der Waals surface area contributed by atoms with Gasteiger partial charge in [0.15, 0.2) is 0 Å². The molecule has 0 bridgehead atoms. The molecule has 0 unspecified atom stereocenters. The van der Waals surface area contributed by atoms with Gasteiger partial charge in [0.1, 0.15) is 10.8 Å². The molecule has 0 aliphatic carbocycles. The van der Waals surface area contributed by atoms with E-state index < -0.39 is 0 Å². The summed E-state index contributed by atoms with van der Waals surface area (Å²) in [4.78, 5) is 16.5. The van der Waals surface area contributed by atoms with Crippen molar-refractivity contribution >= 4 is 11.3 Å². The van der Waals surface area contributed by atoms with Crippen LogP contribution in [0.2, 0.25) is 0 Å². The lowest BCUT2D eigenvalue weighted by molar-refractivity contribution is 0.415. The maximum absolute atomic E-state index is 11.9. The largest absolute Gasteiger partial charge is 0.497 e. The molecule has 0 aliphatic heterocycles. The van der Waals surface area contributed by atoms with Crippen molar-refractivity contribution in [3.8, 4) is 17.0 Å². The Labute approximate surface area is 132 Å². The smallest absolute Gasteiger partial charge is 0.251 e. The van der Waals surface area contributed by atoms with Gasteiger partial charge in [-0.3, -0.25) is 4.79 Å². The summed E-state index contributed by atoms with van der Waals surface area (Å²) < 4.78 is 6.90. The second kappa shape index (κ2) is 6.15. The second-order valence-electron chi connectivity index (χ2n) is 5.03. The van der Waals surface area contributed by atoms with Crippen LogP contribution in [0, 0.1) is 6.92 Å². The summed E-state index contributed by atoms with van der Waals surface area (Å²) in [5, 5.41) is 2.91. The molecule has 3 rings (SSSR count). The molecule has 3 aromatic rings. The third-order valence-electron chi connectivity index (χ3n) is 3.37. The summed E-state index contributed by atoms with van der Waals surface area (Å²) >= 11 is 1.55. The van der Waals surface area contributed by atoms with Crippen molar-refractivity contribution in [2.45, 2.75) is 13.5 Å². The van der Waals surface area contributed by atoms with Gasteiger partial charge in [-0.25, -0.2) is 4.98 Å². The van der Waals surface area contributed by atoms with Gasteiger partial charge in [0, 0.05) is 23.2 Å². The van der Waals surface area contributed by atoms with Crippen LogP contribution in [0.25, 0.3) is 11.3 Å². The van der Waals surface area contributed by atoms with Crippen LogP contribution in [0.4, 0.5) is 0 Å². The molecular weight excluding hydrogens is 296 g/mol. The number of hydrogen-bond donors (Lipinski definition) is 0. The van der Waals surface area contributed by atoms with Gasteiger partial charge in [-0.15, -0.1) is 11.3 Å². The lowest BCUT2D eigenvalue weighted by Crippen LogP contribution is -2.19. The van der Waals surface area contributed by atoms with Crippen molar-refractivity contribution in [1.29, 1.82) is 0 Å². The molecule has 2 heterocycles. The quantitative estimate of drug-likeness (QED) is 0.742. The minimum absolute atomic E-state index is 0.00173. The molecule has 4 nitrogen and oxygen atoms in total. The highest BCUT2D eigenvalue weighted by molar-refractivity contribution is 7.09. The minimum atomic E-state index is -0.00173. The molecule has 22 heavy (non-hydrogen) atoms. The van der Waals surface area contributed by atoms with Crippen molar-refractivity contribution in [3.05, 3.63) is 68.9 Å². The second-order valence-corrected chi connectivity index (χ2v) is 5.97. The van der Waals surface area contributed by atoms with Crippen molar-refractivity contribution in [2.75, 3.05) is 7.11 Å². The third kappa shape index (κ3) is 3.09. The Balaban J connectivity index is 1.85. The van der Waals surface area contributed by atoms with Crippen LogP contribution in [0.1, 0.15) is 10.6 Å². The molecule has 2 aromatic heterocycles. The Morgan fingerprint density at radius 1 is 1.27 bits per heavy atom. The summed E-state index contributed by atoms with van der Waals surface area (Å²) in [6.45, 7) is 2.41. The lowest BCUT2D eigenvalue weighted by Gasteiger charge is -2.03. The normalized spacial score (nSPS) is 10.6. The van der Waals surface area contributed by atoms with Crippen molar-refractivity contribution in [1.82, 2.24) is 9.55 Å². The fourth-order valence-electron chi connectivity index (χ4n) is 2.18. The van der Waals surface area contributed by atoms with Crippen LogP contribution >= 0.6 is 11.3 Å². The Kier molecular flexibility index (Phi) is 4.06. The Hall–Kier alpha value is -2.40. The zero-order valence-corrected chi connectivity index (χ0v) is 13.3. The van der Waals surface area contributed by atoms with E-state index in [9.17, 15) is 4.79 Å². The van der Waals surface area contributed by atoms with E-state index in [1.807, 2.05) is 48.8 Å². The lowest BCUT2D eigenvalue weighted by atomic mass is 10.2. The number of ether oxygens (including phenoxy) is 1. The fraction of sp³-hybridized carbons (Fsp3) is 0.176. The molecule has 0 aliphatic rings. The average Bonchev–Trinajstić information content (AvgIpc) is 2.99. The summed E-state index contributed by atoms with van der Waals surface area (Å²) in [6, 6.07) is 11.4. The van der Waals surface area contributed by atoms with E-state index in [2.05, 4.69) is 4.98 Å². The van der Waals surface area contributed by atoms with E-state index >= 15 is 0 Å². The highest BCUT2D eigenvalue weighted by atomic mass is 32.1. The SMILES string of the molecule is COc1cccc(-c2csc(Cn3ccc(C)cc3=O)n2)c1. The van der Waals surface area contributed by atoms with E-state index in [-0.39, 0.29) is 5.56 Å². The molecule has 0 spiro atoms. The van der Waals surface area contributed by atoms with Gasteiger partial charge >= 0.3 is 0 Å².